The van der Waals surface area contributed by atoms with Gasteiger partial charge in [-0.25, -0.2) is 0 Å². The molecule has 0 saturated carbocycles. The molecule has 0 unspecified atom stereocenters. The van der Waals surface area contributed by atoms with Crippen LogP contribution in [0.15, 0.2) is 18.2 Å². The van der Waals surface area contributed by atoms with E-state index in [1.807, 2.05) is 26.8 Å². The molecule has 0 atom stereocenters. The minimum absolute atomic E-state index is 0.0842. The van der Waals surface area contributed by atoms with E-state index in [0.717, 1.165) is 18.4 Å². The number of rotatable bonds is 7. The lowest BCUT2D eigenvalue weighted by molar-refractivity contribution is -0.121. The maximum Gasteiger partial charge on any atom is 0.254 e. The molecule has 0 fully saturated rings. The van der Waals surface area contributed by atoms with Crippen LogP contribution in [0.1, 0.15) is 42.6 Å². The summed E-state index contributed by atoms with van der Waals surface area (Å²) in [6.07, 6.45) is 1.68. The summed E-state index contributed by atoms with van der Waals surface area (Å²) < 4.78 is 0. The Bertz CT molecular complexity index is 500. The minimum Gasteiger partial charge on any atom is -0.399 e. The first-order chi connectivity index (χ1) is 9.99. The number of hydrogen-bond donors (Lipinski definition) is 2. The topological polar surface area (TPSA) is 75.4 Å². The number of nitrogens with one attached hydrogen (secondary N) is 1. The Morgan fingerprint density at radius 2 is 1.95 bits per heavy atom. The third-order valence-corrected chi connectivity index (χ3v) is 3.18. The number of nitrogens with two attached hydrogens (primary N) is 1. The number of carbonyl (C=O) groups excluding carboxylic acids is 2. The lowest BCUT2D eigenvalue weighted by Crippen LogP contribution is -2.41. The zero-order valence-corrected chi connectivity index (χ0v) is 13.1. The van der Waals surface area contributed by atoms with Crippen molar-refractivity contribution in [1.82, 2.24) is 10.2 Å². The molecule has 0 aliphatic heterocycles. The second kappa shape index (κ2) is 8.29. The molecule has 1 aromatic carbocycles. The van der Waals surface area contributed by atoms with Gasteiger partial charge < -0.3 is 16.0 Å². The Labute approximate surface area is 126 Å². The van der Waals surface area contributed by atoms with Crippen molar-refractivity contribution in [3.8, 4) is 0 Å². The zero-order valence-electron chi connectivity index (χ0n) is 13.1. The van der Waals surface area contributed by atoms with Crippen molar-refractivity contribution in [1.29, 1.82) is 0 Å². The van der Waals surface area contributed by atoms with Gasteiger partial charge in [0, 0.05) is 24.3 Å². The Balaban J connectivity index is 2.86. The van der Waals surface area contributed by atoms with Gasteiger partial charge in [-0.3, -0.25) is 9.59 Å². The van der Waals surface area contributed by atoms with Gasteiger partial charge in [0.2, 0.25) is 5.91 Å². The highest BCUT2D eigenvalue weighted by Crippen LogP contribution is 2.15. The Morgan fingerprint density at radius 3 is 2.57 bits per heavy atom. The number of anilines is 1. The predicted octanol–water partition coefficient (Wildman–Crippen LogP) is 1.96. The molecule has 0 aliphatic carbocycles. The molecule has 1 aromatic rings. The summed E-state index contributed by atoms with van der Waals surface area (Å²) in [5, 5.41) is 2.80. The Hall–Kier alpha value is -2.04. The fraction of sp³-hybridized carbons (Fsp3) is 0.500. The summed E-state index contributed by atoms with van der Waals surface area (Å²) in [6.45, 7) is 7.10. The van der Waals surface area contributed by atoms with Gasteiger partial charge in [0.1, 0.15) is 0 Å². The first kappa shape index (κ1) is 17.0. The molecule has 5 nitrogen and oxygen atoms in total. The van der Waals surface area contributed by atoms with Crippen LogP contribution in [-0.2, 0) is 4.79 Å². The van der Waals surface area contributed by atoms with Gasteiger partial charge >= 0.3 is 0 Å². The summed E-state index contributed by atoms with van der Waals surface area (Å²) in [7, 11) is 0. The summed E-state index contributed by atoms with van der Waals surface area (Å²) in [5.74, 6) is -0.270. The molecule has 1 rings (SSSR count). The largest absolute Gasteiger partial charge is 0.399 e. The highest BCUT2D eigenvalue weighted by molar-refractivity contribution is 5.98. The summed E-state index contributed by atoms with van der Waals surface area (Å²) >= 11 is 0. The van der Waals surface area contributed by atoms with Crippen LogP contribution < -0.4 is 11.1 Å². The van der Waals surface area contributed by atoms with Gasteiger partial charge in [-0.05, 0) is 37.5 Å². The fourth-order valence-electron chi connectivity index (χ4n) is 2.06. The normalized spacial score (nSPS) is 10.2. The minimum atomic E-state index is -0.145. The molecular weight excluding hydrogens is 266 g/mol. The van der Waals surface area contributed by atoms with Gasteiger partial charge in [0.15, 0.2) is 0 Å². The lowest BCUT2D eigenvalue weighted by Gasteiger charge is -2.22. The highest BCUT2D eigenvalue weighted by atomic mass is 16.2. The van der Waals surface area contributed by atoms with Gasteiger partial charge in [0.25, 0.3) is 5.91 Å². The van der Waals surface area contributed by atoms with Gasteiger partial charge in [-0.15, -0.1) is 0 Å². The van der Waals surface area contributed by atoms with E-state index in [9.17, 15) is 9.59 Å². The number of amides is 2. The van der Waals surface area contributed by atoms with E-state index < -0.39 is 0 Å². The number of benzene rings is 1. The van der Waals surface area contributed by atoms with E-state index in [1.54, 1.807) is 17.0 Å². The molecule has 0 bridgehead atoms. The maximum atomic E-state index is 12.6. The molecule has 0 radical (unpaired) electrons. The molecule has 0 aliphatic rings. The van der Waals surface area contributed by atoms with Crippen LogP contribution in [0.5, 0.6) is 0 Å². The van der Waals surface area contributed by atoms with Crippen molar-refractivity contribution in [2.24, 2.45) is 0 Å². The summed E-state index contributed by atoms with van der Waals surface area (Å²) in [6, 6.07) is 5.26. The van der Waals surface area contributed by atoms with E-state index in [2.05, 4.69) is 5.32 Å². The summed E-state index contributed by atoms with van der Waals surface area (Å²) in [4.78, 5) is 26.0. The average Bonchev–Trinajstić information content (AvgIpc) is 2.46. The second-order valence-corrected chi connectivity index (χ2v) is 5.15. The third-order valence-electron chi connectivity index (χ3n) is 3.18. The van der Waals surface area contributed by atoms with Crippen molar-refractivity contribution < 1.29 is 9.59 Å². The number of hydrogen-bond acceptors (Lipinski definition) is 3. The zero-order chi connectivity index (χ0) is 15.8. The molecule has 0 spiro atoms. The van der Waals surface area contributed by atoms with Crippen LogP contribution in [0.25, 0.3) is 0 Å². The molecule has 0 heterocycles. The van der Waals surface area contributed by atoms with E-state index >= 15 is 0 Å². The molecule has 2 amide bonds. The van der Waals surface area contributed by atoms with E-state index in [4.69, 9.17) is 5.73 Å². The van der Waals surface area contributed by atoms with E-state index in [0.29, 0.717) is 24.3 Å². The molecule has 3 N–H and O–H groups in total. The van der Waals surface area contributed by atoms with Crippen LogP contribution in [0.4, 0.5) is 5.69 Å². The highest BCUT2D eigenvalue weighted by Gasteiger charge is 2.19. The van der Waals surface area contributed by atoms with Crippen LogP contribution in [0, 0.1) is 6.92 Å². The summed E-state index contributed by atoms with van der Waals surface area (Å²) in [5.41, 5.74) is 7.73. The standard InChI is InChI=1S/C16H25N3O2/c1-4-8-18-15(20)11-19(9-5-2)16(21)14-10-13(17)7-6-12(14)3/h6-7,10H,4-5,8-9,11,17H2,1-3H3,(H,18,20). The van der Waals surface area contributed by atoms with E-state index in [-0.39, 0.29) is 18.4 Å². The maximum absolute atomic E-state index is 12.6. The first-order valence-electron chi connectivity index (χ1n) is 7.41. The quantitative estimate of drug-likeness (QED) is 0.754. The van der Waals surface area contributed by atoms with Crippen molar-refractivity contribution in [3.63, 3.8) is 0 Å². The van der Waals surface area contributed by atoms with Crippen molar-refractivity contribution >= 4 is 17.5 Å². The number of nitrogens with zero attached hydrogens (tertiary/aromatic N) is 1. The smallest absolute Gasteiger partial charge is 0.254 e. The van der Waals surface area contributed by atoms with Crippen LogP contribution in [0.2, 0.25) is 0 Å². The monoisotopic (exact) mass is 291 g/mol. The molecule has 0 aromatic heterocycles. The number of nitrogen functional groups attached to an aromatic ring is 1. The Kier molecular flexibility index (Phi) is 6.72. The third kappa shape index (κ3) is 5.10. The van der Waals surface area contributed by atoms with Crippen LogP contribution in [-0.4, -0.2) is 36.3 Å². The number of aryl methyl sites for hydroxylation is 1. The molecular formula is C16H25N3O2. The van der Waals surface area contributed by atoms with Crippen molar-refractivity contribution in [2.45, 2.75) is 33.6 Å². The van der Waals surface area contributed by atoms with Gasteiger partial charge in [0.05, 0.1) is 6.54 Å². The molecule has 21 heavy (non-hydrogen) atoms. The fourth-order valence-corrected chi connectivity index (χ4v) is 2.06. The van der Waals surface area contributed by atoms with Crippen molar-refractivity contribution in [2.75, 3.05) is 25.4 Å². The predicted molar refractivity (Wildman–Crippen MR) is 85.1 cm³/mol. The second-order valence-electron chi connectivity index (χ2n) is 5.15. The van der Waals surface area contributed by atoms with Crippen LogP contribution in [0.3, 0.4) is 0 Å². The molecule has 116 valence electrons. The van der Waals surface area contributed by atoms with E-state index in [1.165, 1.54) is 0 Å². The van der Waals surface area contributed by atoms with Gasteiger partial charge in [-0.1, -0.05) is 19.9 Å². The first-order valence-corrected chi connectivity index (χ1v) is 7.41. The van der Waals surface area contributed by atoms with Gasteiger partial charge in [-0.2, -0.15) is 0 Å². The average molecular weight is 291 g/mol. The van der Waals surface area contributed by atoms with Crippen LogP contribution >= 0.6 is 0 Å². The molecule has 5 heteroatoms. The SMILES string of the molecule is CCCNC(=O)CN(CCC)C(=O)c1cc(N)ccc1C. The number of carbonyl (C=O) groups is 2. The molecule has 0 saturated heterocycles. The lowest BCUT2D eigenvalue weighted by atomic mass is 10.1. The Morgan fingerprint density at radius 1 is 1.24 bits per heavy atom. The van der Waals surface area contributed by atoms with Crippen molar-refractivity contribution in [3.05, 3.63) is 29.3 Å².